The van der Waals surface area contributed by atoms with Crippen LogP contribution in [0.25, 0.3) is 0 Å². The molecule has 3 unspecified atom stereocenters. The Balaban J connectivity index is 1.73. The molecule has 2 aliphatic heterocycles. The smallest absolute Gasteiger partial charge is 0.246 e. The molecule has 2 saturated heterocycles. The van der Waals surface area contributed by atoms with Gasteiger partial charge in [0.25, 0.3) is 0 Å². The Morgan fingerprint density at radius 2 is 1.24 bits per heavy atom. The van der Waals surface area contributed by atoms with Crippen LogP contribution in [0, 0.1) is 0 Å². The first kappa shape index (κ1) is 68.2. The molecule has 4 rings (SSSR count). The number of benzene rings is 2. The fourth-order valence-corrected chi connectivity index (χ4v) is 11.7. The minimum atomic E-state index is -1.80. The number of primary amides is 3. The lowest BCUT2D eigenvalue weighted by atomic mass is 10.0. The zero-order valence-electron chi connectivity index (χ0n) is 47.2. The van der Waals surface area contributed by atoms with Crippen LogP contribution >= 0.6 is 21.6 Å². The Morgan fingerprint density at radius 1 is 0.690 bits per heavy atom. The highest BCUT2D eigenvalue weighted by Crippen LogP contribution is 2.39. The Labute approximate surface area is 494 Å². The van der Waals surface area contributed by atoms with Crippen LogP contribution in [-0.4, -0.2) is 167 Å². The van der Waals surface area contributed by atoms with Crippen LogP contribution in [0.15, 0.2) is 64.6 Å². The van der Waals surface area contributed by atoms with E-state index in [4.69, 9.17) is 44.9 Å². The van der Waals surface area contributed by atoms with Gasteiger partial charge >= 0.3 is 0 Å². The van der Waals surface area contributed by atoms with Crippen LogP contribution in [-0.2, 0) is 65.6 Å². The van der Waals surface area contributed by atoms with Gasteiger partial charge in [-0.25, -0.2) is 0 Å². The number of carbonyl (C=O) groups is 11. The topological polar surface area (TPSA) is 491 Å². The number of methoxy groups -OCH3 is 1. The molecule has 2 aromatic carbocycles. The van der Waals surface area contributed by atoms with Gasteiger partial charge in [0.05, 0.1) is 13.5 Å². The molecule has 2 heterocycles. The zero-order chi connectivity index (χ0) is 62.1. The molecule has 0 bridgehead atoms. The van der Waals surface area contributed by atoms with E-state index in [9.17, 15) is 52.7 Å². The fraction of sp³-hybridized carbons (Fsp3) is 0.528. The summed E-state index contributed by atoms with van der Waals surface area (Å²) in [5.74, 6) is -9.64. The summed E-state index contributed by atoms with van der Waals surface area (Å²) in [4.78, 5) is 161. The minimum Gasteiger partial charge on any atom is -0.497 e. The molecule has 2 aliphatic rings. The quantitative estimate of drug-likeness (QED) is 0.0207. The highest BCUT2D eigenvalue weighted by Gasteiger charge is 2.41. The van der Waals surface area contributed by atoms with Gasteiger partial charge in [-0.2, -0.15) is 0 Å². The SMILES string of the molecule is COc1ccc(CC2NC(=O)CC(C)(C)SSCC(C(=O)N3CCC[C@H]3C(=O)N[C@@H](CCCN=C(N)N)C(=O)N[C@@H](CCCN=C(N)N)C(N)=O)NC(=O)[C@H](CC(N)=O)NC(=O)[C@H](CCC(N)=O)NC(=O)C(Cc3ccccc3)NC2=O)cc1. The molecule has 0 saturated carbocycles. The number of ether oxygens (including phenoxy) is 1. The summed E-state index contributed by atoms with van der Waals surface area (Å²) in [6.07, 6.45) is -1.25. The van der Waals surface area contributed by atoms with Crippen molar-refractivity contribution in [3.63, 3.8) is 0 Å². The van der Waals surface area contributed by atoms with Crippen molar-refractivity contribution >= 4 is 98.5 Å². The number of nitrogens with two attached hydrogens (primary N) is 7. The molecule has 2 fully saturated rings. The molecule has 0 radical (unpaired) electrons. The normalized spacial score (nSPS) is 21.5. The number of likely N-dealkylation sites (tertiary alicyclic amines) is 1. The second kappa shape index (κ2) is 33.7. The van der Waals surface area contributed by atoms with Gasteiger partial charge in [0.1, 0.15) is 54.1 Å². The number of carbonyl (C=O) groups excluding carboxylic acids is 11. The lowest BCUT2D eigenvalue weighted by Crippen LogP contribution is -2.61. The van der Waals surface area contributed by atoms with E-state index in [-0.39, 0.29) is 95.1 Å². The number of rotatable bonds is 24. The van der Waals surface area contributed by atoms with Gasteiger partial charge in [-0.3, -0.25) is 62.7 Å². The van der Waals surface area contributed by atoms with Crippen LogP contribution in [0.5, 0.6) is 5.75 Å². The van der Waals surface area contributed by atoms with Crippen LogP contribution in [0.3, 0.4) is 0 Å². The predicted octanol–water partition coefficient (Wildman–Crippen LogP) is -3.84. The molecule has 0 spiro atoms. The van der Waals surface area contributed by atoms with E-state index >= 15 is 0 Å². The van der Waals surface area contributed by atoms with Crippen molar-refractivity contribution in [3.05, 3.63) is 65.7 Å². The molecule has 84 heavy (non-hydrogen) atoms. The van der Waals surface area contributed by atoms with Gasteiger partial charge in [0, 0.05) is 55.8 Å². The number of guanidine groups is 2. The minimum absolute atomic E-state index is 0.00705. The Morgan fingerprint density at radius 3 is 1.81 bits per heavy atom. The molecule has 21 N–H and O–H groups in total. The van der Waals surface area contributed by atoms with Crippen LogP contribution in [0.2, 0.25) is 0 Å². The van der Waals surface area contributed by atoms with E-state index in [1.54, 1.807) is 68.4 Å². The summed E-state index contributed by atoms with van der Waals surface area (Å²) < 4.78 is 4.36. The fourth-order valence-electron chi connectivity index (χ4n) is 9.02. The molecule has 8 atom stereocenters. The van der Waals surface area contributed by atoms with E-state index in [0.29, 0.717) is 16.9 Å². The van der Waals surface area contributed by atoms with Gasteiger partial charge in [0.15, 0.2) is 11.9 Å². The third-order valence-corrected chi connectivity index (χ3v) is 16.6. The van der Waals surface area contributed by atoms with Crippen molar-refractivity contribution in [2.24, 2.45) is 50.1 Å². The van der Waals surface area contributed by atoms with Crippen LogP contribution in [0.1, 0.15) is 89.2 Å². The van der Waals surface area contributed by atoms with Crippen LogP contribution < -0.4 is 82.1 Å². The molecular formula is C53H79N17O12S2. The van der Waals surface area contributed by atoms with Gasteiger partial charge < -0.3 is 87.0 Å². The van der Waals surface area contributed by atoms with Crippen molar-refractivity contribution in [2.75, 3.05) is 32.5 Å². The van der Waals surface area contributed by atoms with Crippen molar-refractivity contribution in [1.82, 2.24) is 42.1 Å². The van der Waals surface area contributed by atoms with E-state index in [0.717, 1.165) is 21.6 Å². The summed E-state index contributed by atoms with van der Waals surface area (Å²) in [6, 6.07) is 4.01. The molecule has 0 aromatic heterocycles. The Hall–Kier alpha value is -8.35. The Bertz CT molecular complexity index is 2710. The Kier molecular flexibility index (Phi) is 27.3. The maximum Gasteiger partial charge on any atom is 0.246 e. The monoisotopic (exact) mass is 1210 g/mol. The first-order valence-corrected chi connectivity index (χ1v) is 29.4. The number of aliphatic imine (C=N–C) groups is 2. The van der Waals surface area contributed by atoms with Crippen molar-refractivity contribution in [1.29, 1.82) is 0 Å². The first-order chi connectivity index (χ1) is 39.7. The summed E-state index contributed by atoms with van der Waals surface area (Å²) in [7, 11) is 3.72. The van der Waals surface area contributed by atoms with Gasteiger partial charge in [-0.1, -0.05) is 64.1 Å². The summed E-state index contributed by atoms with van der Waals surface area (Å²) >= 11 is 0. The second-order valence-electron chi connectivity index (χ2n) is 20.7. The average Bonchev–Trinajstić information content (AvgIpc) is 4.09. The molecule has 2 aromatic rings. The van der Waals surface area contributed by atoms with E-state index in [1.807, 2.05) is 0 Å². The van der Waals surface area contributed by atoms with Crippen molar-refractivity contribution < 1.29 is 57.5 Å². The van der Waals surface area contributed by atoms with Crippen molar-refractivity contribution in [2.45, 2.75) is 144 Å². The third kappa shape index (κ3) is 23.5. The molecule has 29 nitrogen and oxygen atoms in total. The lowest BCUT2D eigenvalue weighted by molar-refractivity contribution is -0.142. The highest BCUT2D eigenvalue weighted by molar-refractivity contribution is 8.77. The van der Waals surface area contributed by atoms with Gasteiger partial charge in [-0.05, 0) is 82.1 Å². The van der Waals surface area contributed by atoms with E-state index in [1.165, 1.54) is 12.0 Å². The molecular weight excluding hydrogens is 1130 g/mol. The lowest BCUT2D eigenvalue weighted by Gasteiger charge is -2.31. The molecule has 11 amide bonds. The predicted molar refractivity (Wildman–Crippen MR) is 315 cm³/mol. The van der Waals surface area contributed by atoms with Gasteiger partial charge in [-0.15, -0.1) is 0 Å². The summed E-state index contributed by atoms with van der Waals surface area (Å²) in [6.45, 7) is 3.65. The van der Waals surface area contributed by atoms with Gasteiger partial charge in [0.2, 0.25) is 65.0 Å². The first-order valence-electron chi connectivity index (χ1n) is 27.1. The molecule has 0 aliphatic carbocycles. The second-order valence-corrected chi connectivity index (χ2v) is 23.7. The number of hydrogen-bond donors (Lipinski definition) is 14. The number of nitrogens with one attached hydrogen (secondary N) is 7. The average molecular weight is 1210 g/mol. The van der Waals surface area contributed by atoms with Crippen LogP contribution in [0.4, 0.5) is 0 Å². The number of amides is 11. The molecule has 31 heteroatoms. The summed E-state index contributed by atoms with van der Waals surface area (Å²) in [5, 5.41) is 18.5. The largest absolute Gasteiger partial charge is 0.497 e. The zero-order valence-corrected chi connectivity index (χ0v) is 48.9. The maximum atomic E-state index is 14.9. The highest BCUT2D eigenvalue weighted by atomic mass is 33.1. The van der Waals surface area contributed by atoms with Crippen molar-refractivity contribution in [3.8, 4) is 5.75 Å². The van der Waals surface area contributed by atoms with E-state index < -0.39 is 137 Å². The maximum absolute atomic E-state index is 14.9. The number of hydrogen-bond acceptors (Lipinski definition) is 16. The standard InChI is InChI=1S/C53H79N17O12S2/c1-53(2)27-42(73)63-35(25-30-15-17-31(82-3)18-16-30)46(77)67-36(24-29-10-5-4-6-11-29)47(78)65-34(19-20-40(54)71)45(76)68-37(26-41(55)72)48(79)69-38(28-83-84-53)50(81)70-23-9-14-39(70)49(80)66-33(13-8-22-62-52(59)60)44(75)64-32(43(56)74)12-7-21-61-51(57)58/h4-6,10-11,15-18,32-39H,7-9,12-14,19-28H2,1-3H3,(H2,54,71)(H2,55,72)(H2,56,74)(H,63,73)(H,64,75)(H,65,78)(H,66,80)(H,67,77)(H,68,76)(H,69,79)(H4,57,58,61)(H4,59,60,62)/t32-,33-,34-,35?,36?,37-,38?,39-/m0/s1. The third-order valence-electron chi connectivity index (χ3n) is 13.3. The summed E-state index contributed by atoms with van der Waals surface area (Å²) in [5.41, 5.74) is 39.7. The van der Waals surface area contributed by atoms with E-state index in [2.05, 4.69) is 47.2 Å². The molecule has 460 valence electrons. The number of nitrogens with zero attached hydrogens (tertiary/aromatic N) is 3.